The van der Waals surface area contributed by atoms with Gasteiger partial charge in [-0.1, -0.05) is 18.2 Å². The van der Waals surface area contributed by atoms with E-state index in [1.807, 2.05) is 29.2 Å². The molecular weight excluding hydrogens is 407 g/mol. The van der Waals surface area contributed by atoms with Gasteiger partial charge in [0.15, 0.2) is 0 Å². The summed E-state index contributed by atoms with van der Waals surface area (Å²) < 4.78 is 40.2. The molecule has 1 aliphatic heterocycles. The second kappa shape index (κ2) is 8.72. The largest absolute Gasteiger partial charge is 0.354 e. The highest BCUT2D eigenvalue weighted by molar-refractivity contribution is 7.88. The van der Waals surface area contributed by atoms with Crippen LogP contribution in [0.3, 0.4) is 0 Å². The Balaban J connectivity index is 1.39. The molecule has 8 nitrogen and oxygen atoms in total. The minimum atomic E-state index is -3.52. The molecule has 0 unspecified atom stereocenters. The second-order valence-corrected chi connectivity index (χ2v) is 8.84. The number of nitrogens with zero attached hydrogens (tertiary/aromatic N) is 5. The smallest absolute Gasteiger partial charge is 0.218 e. The van der Waals surface area contributed by atoms with Crippen LogP contribution in [0.2, 0.25) is 0 Å². The van der Waals surface area contributed by atoms with Crippen molar-refractivity contribution < 1.29 is 12.8 Å². The predicted octanol–water partition coefficient (Wildman–Crippen LogP) is 2.41. The Morgan fingerprint density at radius 1 is 0.933 bits per heavy atom. The molecule has 0 aliphatic carbocycles. The number of pyridine rings is 1. The van der Waals surface area contributed by atoms with E-state index in [1.54, 1.807) is 12.3 Å². The maximum absolute atomic E-state index is 13.4. The molecule has 0 saturated carbocycles. The van der Waals surface area contributed by atoms with E-state index in [9.17, 15) is 12.8 Å². The lowest BCUT2D eigenvalue weighted by Gasteiger charge is -2.34. The van der Waals surface area contributed by atoms with E-state index in [0.717, 1.165) is 0 Å². The lowest BCUT2D eigenvalue weighted by molar-refractivity contribution is 0.383. The number of piperazine rings is 1. The average molecular weight is 428 g/mol. The van der Waals surface area contributed by atoms with Gasteiger partial charge in [0, 0.05) is 38.4 Å². The van der Waals surface area contributed by atoms with Crippen molar-refractivity contribution in [2.24, 2.45) is 0 Å². The minimum Gasteiger partial charge on any atom is -0.354 e. The maximum atomic E-state index is 13.4. The number of rotatable bonds is 6. The van der Waals surface area contributed by atoms with Crippen LogP contribution in [0.4, 0.5) is 21.8 Å². The number of benzene rings is 1. The molecule has 3 aromatic rings. The van der Waals surface area contributed by atoms with E-state index in [2.05, 4.69) is 20.3 Å². The monoisotopic (exact) mass is 428 g/mol. The first-order valence-electron chi connectivity index (χ1n) is 9.47. The SMILES string of the molecule is O=S(=O)(Cc1cccc(F)c1)N1CCN(c2cc(Nc3ccccn3)ncn2)CC1. The van der Waals surface area contributed by atoms with Gasteiger partial charge in [-0.15, -0.1) is 0 Å². The fraction of sp³-hybridized carbons (Fsp3) is 0.250. The van der Waals surface area contributed by atoms with Crippen molar-refractivity contribution in [3.05, 3.63) is 72.4 Å². The average Bonchev–Trinajstić information content (AvgIpc) is 2.74. The van der Waals surface area contributed by atoms with E-state index < -0.39 is 15.8 Å². The number of hydrogen-bond donors (Lipinski definition) is 1. The second-order valence-electron chi connectivity index (χ2n) is 6.87. The van der Waals surface area contributed by atoms with Crippen molar-refractivity contribution >= 4 is 27.5 Å². The van der Waals surface area contributed by atoms with Crippen LogP contribution in [0.1, 0.15) is 5.56 Å². The van der Waals surface area contributed by atoms with E-state index in [-0.39, 0.29) is 5.75 Å². The zero-order valence-corrected chi connectivity index (χ0v) is 17.0. The molecule has 30 heavy (non-hydrogen) atoms. The van der Waals surface area contributed by atoms with Crippen LogP contribution in [0.15, 0.2) is 61.1 Å². The van der Waals surface area contributed by atoms with Gasteiger partial charge in [0.2, 0.25) is 10.0 Å². The Hall–Kier alpha value is -3.11. The molecule has 1 N–H and O–H groups in total. The molecule has 4 rings (SSSR count). The van der Waals surface area contributed by atoms with Crippen molar-refractivity contribution in [1.29, 1.82) is 0 Å². The predicted molar refractivity (Wildman–Crippen MR) is 112 cm³/mol. The first kappa shape index (κ1) is 20.2. The minimum absolute atomic E-state index is 0.212. The molecule has 2 aromatic heterocycles. The van der Waals surface area contributed by atoms with Gasteiger partial charge in [0.1, 0.15) is 29.6 Å². The zero-order chi connectivity index (χ0) is 21.0. The van der Waals surface area contributed by atoms with E-state index >= 15 is 0 Å². The van der Waals surface area contributed by atoms with E-state index in [4.69, 9.17) is 0 Å². The lowest BCUT2D eigenvalue weighted by Crippen LogP contribution is -2.49. The summed E-state index contributed by atoms with van der Waals surface area (Å²) >= 11 is 0. The van der Waals surface area contributed by atoms with Gasteiger partial charge in [-0.3, -0.25) is 0 Å². The number of sulfonamides is 1. The zero-order valence-electron chi connectivity index (χ0n) is 16.1. The molecule has 1 aromatic carbocycles. The first-order valence-corrected chi connectivity index (χ1v) is 11.1. The maximum Gasteiger partial charge on any atom is 0.218 e. The Kier molecular flexibility index (Phi) is 5.86. The summed E-state index contributed by atoms with van der Waals surface area (Å²) in [5.41, 5.74) is 0.443. The summed E-state index contributed by atoms with van der Waals surface area (Å²) in [5, 5.41) is 3.12. The molecule has 3 heterocycles. The standard InChI is InChI=1S/C20H21FN6O2S/c21-17-5-3-4-16(12-17)14-30(28,29)27-10-8-26(9-11-27)20-13-19(23-15-24-20)25-18-6-1-2-7-22-18/h1-7,12-13,15H,8-11,14H2,(H,22,23,24,25). The normalized spacial score (nSPS) is 15.2. The fourth-order valence-corrected chi connectivity index (χ4v) is 4.78. The van der Waals surface area contributed by atoms with E-state index in [1.165, 1.54) is 28.8 Å². The summed E-state index contributed by atoms with van der Waals surface area (Å²) in [5.74, 6) is 1.35. The number of halogens is 1. The highest BCUT2D eigenvalue weighted by atomic mass is 32.2. The van der Waals surface area contributed by atoms with Gasteiger partial charge in [0.05, 0.1) is 5.75 Å². The molecule has 0 radical (unpaired) electrons. The first-order chi connectivity index (χ1) is 14.5. The highest BCUT2D eigenvalue weighted by Gasteiger charge is 2.27. The van der Waals surface area contributed by atoms with Gasteiger partial charge >= 0.3 is 0 Å². The van der Waals surface area contributed by atoms with Crippen molar-refractivity contribution in [1.82, 2.24) is 19.3 Å². The molecular formula is C20H21FN6O2S. The van der Waals surface area contributed by atoms with Crippen molar-refractivity contribution in [3.8, 4) is 0 Å². The third-order valence-electron chi connectivity index (χ3n) is 4.77. The molecule has 156 valence electrons. The van der Waals surface area contributed by atoms with Crippen molar-refractivity contribution in [2.45, 2.75) is 5.75 Å². The molecule has 10 heteroatoms. The highest BCUT2D eigenvalue weighted by Crippen LogP contribution is 2.20. The van der Waals surface area contributed by atoms with Crippen LogP contribution in [-0.4, -0.2) is 53.9 Å². The Morgan fingerprint density at radius 3 is 2.50 bits per heavy atom. The molecule has 1 fully saturated rings. The fourth-order valence-electron chi connectivity index (χ4n) is 3.28. The van der Waals surface area contributed by atoms with Gasteiger partial charge in [-0.05, 0) is 29.8 Å². The quantitative estimate of drug-likeness (QED) is 0.645. The lowest BCUT2D eigenvalue weighted by atomic mass is 10.2. The van der Waals surface area contributed by atoms with Gasteiger partial charge < -0.3 is 10.2 Å². The van der Waals surface area contributed by atoms with Gasteiger partial charge in [-0.2, -0.15) is 4.31 Å². The number of aromatic nitrogens is 3. The summed E-state index contributed by atoms with van der Waals surface area (Å²) in [6, 6.07) is 13.0. The third-order valence-corrected chi connectivity index (χ3v) is 6.62. The molecule has 1 saturated heterocycles. The molecule has 1 aliphatic rings. The third kappa shape index (κ3) is 4.89. The summed E-state index contributed by atoms with van der Waals surface area (Å²) in [6.45, 7) is 1.68. The summed E-state index contributed by atoms with van der Waals surface area (Å²) in [6.07, 6.45) is 3.15. The van der Waals surface area contributed by atoms with Crippen LogP contribution >= 0.6 is 0 Å². The van der Waals surface area contributed by atoms with Gasteiger partial charge in [-0.25, -0.2) is 27.8 Å². The molecule has 0 amide bonds. The summed E-state index contributed by atoms with van der Waals surface area (Å²) in [4.78, 5) is 14.8. The van der Waals surface area contributed by atoms with Gasteiger partial charge in [0.25, 0.3) is 0 Å². The number of hydrogen-bond acceptors (Lipinski definition) is 7. The molecule has 0 spiro atoms. The van der Waals surface area contributed by atoms with Crippen LogP contribution in [0, 0.1) is 5.82 Å². The van der Waals surface area contributed by atoms with Crippen LogP contribution in [-0.2, 0) is 15.8 Å². The van der Waals surface area contributed by atoms with Crippen LogP contribution in [0.25, 0.3) is 0 Å². The Morgan fingerprint density at radius 2 is 1.77 bits per heavy atom. The molecule has 0 bridgehead atoms. The number of nitrogens with one attached hydrogen (secondary N) is 1. The van der Waals surface area contributed by atoms with Crippen LogP contribution < -0.4 is 10.2 Å². The molecule has 0 atom stereocenters. The number of anilines is 3. The van der Waals surface area contributed by atoms with Crippen LogP contribution in [0.5, 0.6) is 0 Å². The Labute approximate surface area is 174 Å². The van der Waals surface area contributed by atoms with Crippen molar-refractivity contribution in [3.63, 3.8) is 0 Å². The topological polar surface area (TPSA) is 91.3 Å². The van der Waals surface area contributed by atoms with Crippen molar-refractivity contribution in [2.75, 3.05) is 36.4 Å². The van der Waals surface area contributed by atoms with E-state index in [0.29, 0.717) is 49.2 Å². The Bertz CT molecular complexity index is 1110. The summed E-state index contributed by atoms with van der Waals surface area (Å²) in [7, 11) is -3.52.